The van der Waals surface area contributed by atoms with E-state index in [1.807, 2.05) is 24.3 Å². The summed E-state index contributed by atoms with van der Waals surface area (Å²) >= 11 is 6.26. The minimum Gasteiger partial charge on any atom is -0.390 e. The summed E-state index contributed by atoms with van der Waals surface area (Å²) in [5.74, 6) is 0. The van der Waals surface area contributed by atoms with Crippen LogP contribution in [-0.4, -0.2) is 17.3 Å². The van der Waals surface area contributed by atoms with Crippen LogP contribution in [-0.2, 0) is 6.42 Å². The maximum Gasteiger partial charge on any atom is 0.0898 e. The Balaban J connectivity index is 0.00000120. The molecule has 3 atom stereocenters. The number of aliphatic hydroxyl groups is 1. The largest absolute Gasteiger partial charge is 0.390 e. The first-order valence-corrected chi connectivity index (χ1v) is 6.20. The van der Waals surface area contributed by atoms with Crippen LogP contribution in [0.3, 0.4) is 0 Å². The fourth-order valence-corrected chi connectivity index (χ4v) is 2.99. The lowest BCUT2D eigenvalue weighted by Crippen LogP contribution is -2.42. The fourth-order valence-electron chi connectivity index (χ4n) is 2.60. The molecule has 0 aliphatic heterocycles. The van der Waals surface area contributed by atoms with Gasteiger partial charge in [0, 0.05) is 6.04 Å². The van der Waals surface area contributed by atoms with Crippen LogP contribution in [0.4, 0.5) is 0 Å². The van der Waals surface area contributed by atoms with E-state index >= 15 is 0 Å². The number of alkyl halides is 1. The zero-order valence-electron chi connectivity index (χ0n) is 9.71. The van der Waals surface area contributed by atoms with E-state index in [1.54, 1.807) is 0 Å². The van der Waals surface area contributed by atoms with Gasteiger partial charge in [0.25, 0.3) is 0 Å². The van der Waals surface area contributed by atoms with Crippen LogP contribution in [0.5, 0.6) is 0 Å². The van der Waals surface area contributed by atoms with Gasteiger partial charge in [-0.25, -0.2) is 0 Å². The summed E-state index contributed by atoms with van der Waals surface area (Å²) in [6.07, 6.45) is 0.0199. The molecule has 3 rings (SSSR count). The summed E-state index contributed by atoms with van der Waals surface area (Å²) in [5.41, 5.74) is 8.13. The quantitative estimate of drug-likeness (QED) is 0.731. The number of benzene rings is 2. The Kier molecular flexibility index (Phi) is 3.83. The minimum atomic E-state index is -0.662. The molecule has 0 saturated carbocycles. The van der Waals surface area contributed by atoms with Crippen molar-refractivity contribution in [3.8, 4) is 0 Å². The number of rotatable bonds is 0. The van der Waals surface area contributed by atoms with Crippen LogP contribution in [0.1, 0.15) is 16.5 Å². The monoisotopic (exact) mass is 283 g/mol. The second-order valence-corrected chi connectivity index (χ2v) is 5.09. The van der Waals surface area contributed by atoms with E-state index in [0.29, 0.717) is 6.42 Å². The van der Waals surface area contributed by atoms with Crippen LogP contribution in [0.15, 0.2) is 36.4 Å². The van der Waals surface area contributed by atoms with Gasteiger partial charge >= 0.3 is 0 Å². The van der Waals surface area contributed by atoms with Crippen molar-refractivity contribution in [3.05, 3.63) is 47.5 Å². The summed E-state index contributed by atoms with van der Waals surface area (Å²) in [7, 11) is 0. The third-order valence-corrected chi connectivity index (χ3v) is 4.05. The Morgan fingerprint density at radius 3 is 2.67 bits per heavy atom. The van der Waals surface area contributed by atoms with Gasteiger partial charge < -0.3 is 10.8 Å². The first kappa shape index (κ1) is 13.6. The smallest absolute Gasteiger partial charge is 0.0898 e. The SMILES string of the molecule is Cl.N[C@H]1Cc2c(ccc3ccccc23)[C@H](Cl)[C@H]1O. The molecule has 18 heavy (non-hydrogen) atoms. The molecular weight excluding hydrogens is 269 g/mol. The van der Waals surface area contributed by atoms with Crippen LogP contribution < -0.4 is 5.73 Å². The van der Waals surface area contributed by atoms with Gasteiger partial charge in [-0.15, -0.1) is 24.0 Å². The predicted octanol–water partition coefficient (Wildman–Crippen LogP) is 2.79. The molecule has 0 amide bonds. The van der Waals surface area contributed by atoms with Crippen LogP contribution in [0.2, 0.25) is 0 Å². The Labute approximate surface area is 117 Å². The molecule has 1 aliphatic carbocycles. The van der Waals surface area contributed by atoms with Crippen molar-refractivity contribution < 1.29 is 5.11 Å². The van der Waals surface area contributed by atoms with Crippen LogP contribution >= 0.6 is 24.0 Å². The van der Waals surface area contributed by atoms with Crippen molar-refractivity contribution in [2.75, 3.05) is 0 Å². The predicted molar refractivity (Wildman–Crippen MR) is 77.5 cm³/mol. The van der Waals surface area contributed by atoms with Crippen molar-refractivity contribution in [2.24, 2.45) is 5.73 Å². The van der Waals surface area contributed by atoms with Gasteiger partial charge in [-0.05, 0) is 28.3 Å². The highest BCUT2D eigenvalue weighted by Gasteiger charge is 2.32. The van der Waals surface area contributed by atoms with Crippen molar-refractivity contribution in [2.45, 2.75) is 23.9 Å². The lowest BCUT2D eigenvalue weighted by Gasteiger charge is -2.32. The van der Waals surface area contributed by atoms with Crippen LogP contribution in [0, 0.1) is 0 Å². The number of aliphatic hydroxyl groups excluding tert-OH is 1. The minimum absolute atomic E-state index is 0. The molecule has 0 bridgehead atoms. The number of halogens is 2. The second-order valence-electron chi connectivity index (χ2n) is 4.61. The third-order valence-electron chi connectivity index (χ3n) is 3.55. The van der Waals surface area contributed by atoms with E-state index in [9.17, 15) is 5.11 Å². The molecule has 0 saturated heterocycles. The molecule has 2 nitrogen and oxygen atoms in total. The molecule has 0 radical (unpaired) electrons. The third kappa shape index (κ3) is 1.99. The number of hydrogen-bond acceptors (Lipinski definition) is 2. The van der Waals surface area contributed by atoms with E-state index < -0.39 is 11.5 Å². The molecule has 0 spiro atoms. The Bertz CT molecular complexity index is 573. The van der Waals surface area contributed by atoms with E-state index in [-0.39, 0.29) is 18.4 Å². The van der Waals surface area contributed by atoms with Gasteiger partial charge in [-0.3, -0.25) is 0 Å². The van der Waals surface area contributed by atoms with Gasteiger partial charge in [0.2, 0.25) is 0 Å². The van der Waals surface area contributed by atoms with Crippen molar-refractivity contribution in [1.82, 2.24) is 0 Å². The fraction of sp³-hybridized carbons (Fsp3) is 0.286. The summed E-state index contributed by atoms with van der Waals surface area (Å²) in [6.45, 7) is 0. The van der Waals surface area contributed by atoms with Gasteiger partial charge in [-0.1, -0.05) is 36.4 Å². The lowest BCUT2D eigenvalue weighted by molar-refractivity contribution is 0.132. The molecule has 2 aromatic carbocycles. The summed E-state index contributed by atoms with van der Waals surface area (Å²) in [5, 5.41) is 11.9. The maximum atomic E-state index is 9.91. The summed E-state index contributed by atoms with van der Waals surface area (Å²) in [6, 6.07) is 12.0. The number of nitrogens with two attached hydrogens (primary N) is 1. The first-order valence-electron chi connectivity index (χ1n) is 5.76. The van der Waals surface area contributed by atoms with Crippen molar-refractivity contribution >= 4 is 34.8 Å². The second kappa shape index (κ2) is 5.06. The molecule has 0 unspecified atom stereocenters. The molecule has 1 aliphatic rings. The Hall–Kier alpha value is -0.800. The van der Waals surface area contributed by atoms with Crippen LogP contribution in [0.25, 0.3) is 10.8 Å². The zero-order chi connectivity index (χ0) is 12.0. The molecule has 0 heterocycles. The van der Waals surface area contributed by atoms with Crippen molar-refractivity contribution in [3.63, 3.8) is 0 Å². The highest BCUT2D eigenvalue weighted by molar-refractivity contribution is 6.21. The lowest BCUT2D eigenvalue weighted by atomic mass is 9.83. The molecule has 0 fully saturated rings. The molecule has 3 N–H and O–H groups in total. The molecular formula is C14H15Cl2NO. The highest BCUT2D eigenvalue weighted by Crippen LogP contribution is 2.37. The first-order chi connectivity index (χ1) is 8.18. The zero-order valence-corrected chi connectivity index (χ0v) is 11.3. The molecule has 4 heteroatoms. The van der Waals surface area contributed by atoms with E-state index in [1.165, 1.54) is 16.3 Å². The maximum absolute atomic E-state index is 9.91. The van der Waals surface area contributed by atoms with Gasteiger partial charge in [0.05, 0.1) is 11.5 Å². The Morgan fingerprint density at radius 1 is 1.17 bits per heavy atom. The van der Waals surface area contributed by atoms with Gasteiger partial charge in [0.1, 0.15) is 0 Å². The van der Waals surface area contributed by atoms with Gasteiger partial charge in [-0.2, -0.15) is 0 Å². The highest BCUT2D eigenvalue weighted by atomic mass is 35.5. The van der Waals surface area contributed by atoms with E-state index in [4.69, 9.17) is 17.3 Å². The Morgan fingerprint density at radius 2 is 1.89 bits per heavy atom. The average Bonchev–Trinajstić information content (AvgIpc) is 2.36. The van der Waals surface area contributed by atoms with Gasteiger partial charge in [0.15, 0.2) is 0 Å². The molecule has 0 aromatic heterocycles. The van der Waals surface area contributed by atoms with Crippen molar-refractivity contribution in [1.29, 1.82) is 0 Å². The molecule has 96 valence electrons. The van der Waals surface area contributed by atoms with E-state index in [0.717, 1.165) is 5.56 Å². The number of fused-ring (bicyclic) bond motifs is 3. The molecule has 2 aromatic rings. The average molecular weight is 284 g/mol. The number of hydrogen-bond donors (Lipinski definition) is 2. The normalized spacial score (nSPS) is 26.5. The van der Waals surface area contributed by atoms with E-state index in [2.05, 4.69) is 12.1 Å². The topological polar surface area (TPSA) is 46.2 Å². The standard InChI is InChI=1S/C14H14ClNO.ClH/c15-13-10-6-5-8-3-1-2-4-9(8)11(10)7-12(16)14(13)17;/h1-6,12-14,17H,7,16H2;1H/t12-,13-,14-;/m0./s1. The summed E-state index contributed by atoms with van der Waals surface area (Å²) in [4.78, 5) is 0. The summed E-state index contributed by atoms with van der Waals surface area (Å²) < 4.78 is 0.